The minimum Gasteiger partial charge on any atom is -0.395 e. The van der Waals surface area contributed by atoms with E-state index in [0.717, 1.165) is 19.3 Å². The van der Waals surface area contributed by atoms with Gasteiger partial charge in [-0.1, -0.05) is 6.92 Å². The third-order valence-electron chi connectivity index (χ3n) is 2.76. The Morgan fingerprint density at radius 2 is 2.07 bits per heavy atom. The molecular formula is C10H21NO3S. The molecule has 1 saturated carbocycles. The van der Waals surface area contributed by atoms with Gasteiger partial charge >= 0.3 is 0 Å². The van der Waals surface area contributed by atoms with Gasteiger partial charge in [-0.15, -0.1) is 0 Å². The van der Waals surface area contributed by atoms with Crippen LogP contribution < -0.4 is 0 Å². The van der Waals surface area contributed by atoms with Gasteiger partial charge in [0.25, 0.3) is 0 Å². The summed E-state index contributed by atoms with van der Waals surface area (Å²) in [6, 6.07) is 0. The van der Waals surface area contributed by atoms with Crippen molar-refractivity contribution >= 4 is 10.0 Å². The minimum absolute atomic E-state index is 0.298. The second-order valence-electron chi connectivity index (χ2n) is 4.34. The van der Waals surface area contributed by atoms with Crippen LogP contribution in [0.3, 0.4) is 0 Å². The van der Waals surface area contributed by atoms with Crippen LogP contribution in [0.2, 0.25) is 0 Å². The Kier molecular flexibility index (Phi) is 4.55. The zero-order valence-corrected chi connectivity index (χ0v) is 10.3. The zero-order chi connectivity index (χ0) is 11.5. The molecule has 0 saturated heterocycles. The van der Waals surface area contributed by atoms with Crippen molar-refractivity contribution in [3.8, 4) is 0 Å². The van der Waals surface area contributed by atoms with Gasteiger partial charge in [0, 0.05) is 13.1 Å². The molecule has 5 heteroatoms. The molecule has 0 aromatic rings. The Morgan fingerprint density at radius 3 is 2.47 bits per heavy atom. The number of sulfonamides is 1. The minimum atomic E-state index is -3.29. The second kappa shape index (κ2) is 5.27. The molecule has 15 heavy (non-hydrogen) atoms. The molecule has 0 amide bonds. The van der Waals surface area contributed by atoms with Gasteiger partial charge < -0.3 is 5.11 Å². The van der Waals surface area contributed by atoms with Crippen LogP contribution in [0.25, 0.3) is 0 Å². The van der Waals surface area contributed by atoms with Gasteiger partial charge in [0.1, 0.15) is 0 Å². The SMILES string of the molecule is CCCN(CC1CC1)S(=O)(=O)C(C)CO. The largest absolute Gasteiger partial charge is 0.395 e. The zero-order valence-electron chi connectivity index (χ0n) is 9.52. The molecule has 4 nitrogen and oxygen atoms in total. The molecule has 0 spiro atoms. The van der Waals surface area contributed by atoms with E-state index < -0.39 is 15.3 Å². The second-order valence-corrected chi connectivity index (χ2v) is 6.69. The fourth-order valence-corrected chi connectivity index (χ4v) is 3.06. The van der Waals surface area contributed by atoms with E-state index in [1.807, 2.05) is 6.92 Å². The molecule has 1 aliphatic rings. The maximum absolute atomic E-state index is 12.0. The number of aliphatic hydroxyl groups excluding tert-OH is 1. The van der Waals surface area contributed by atoms with Gasteiger partial charge in [-0.3, -0.25) is 0 Å². The molecule has 1 aliphatic carbocycles. The molecule has 90 valence electrons. The molecule has 0 heterocycles. The van der Waals surface area contributed by atoms with E-state index in [0.29, 0.717) is 19.0 Å². The van der Waals surface area contributed by atoms with Gasteiger partial charge in [-0.05, 0) is 32.1 Å². The quantitative estimate of drug-likeness (QED) is 0.710. The molecule has 0 aromatic heterocycles. The van der Waals surface area contributed by atoms with Crippen LogP contribution in [0.5, 0.6) is 0 Å². The van der Waals surface area contributed by atoms with Crippen molar-refractivity contribution < 1.29 is 13.5 Å². The van der Waals surface area contributed by atoms with Gasteiger partial charge in [0.15, 0.2) is 0 Å². The summed E-state index contributed by atoms with van der Waals surface area (Å²) in [5.74, 6) is 0.553. The van der Waals surface area contributed by atoms with Crippen molar-refractivity contribution in [2.24, 2.45) is 5.92 Å². The van der Waals surface area contributed by atoms with E-state index in [-0.39, 0.29) is 6.61 Å². The van der Waals surface area contributed by atoms with Crippen molar-refractivity contribution in [1.29, 1.82) is 0 Å². The van der Waals surface area contributed by atoms with Crippen molar-refractivity contribution in [3.63, 3.8) is 0 Å². The molecule has 0 bridgehead atoms. The van der Waals surface area contributed by atoms with Crippen LogP contribution >= 0.6 is 0 Å². The number of hydrogen-bond acceptors (Lipinski definition) is 3. The molecule has 0 aromatic carbocycles. The van der Waals surface area contributed by atoms with Gasteiger partial charge in [0.2, 0.25) is 10.0 Å². The first-order valence-corrected chi connectivity index (χ1v) is 7.12. The van der Waals surface area contributed by atoms with Crippen molar-refractivity contribution in [2.75, 3.05) is 19.7 Å². The normalized spacial score (nSPS) is 19.5. The molecule has 1 N–H and O–H groups in total. The third-order valence-corrected chi connectivity index (χ3v) is 4.97. The number of hydrogen-bond donors (Lipinski definition) is 1. The number of nitrogens with zero attached hydrogens (tertiary/aromatic N) is 1. The maximum Gasteiger partial charge on any atom is 0.218 e. The molecule has 1 atom stereocenters. The Balaban J connectivity index is 2.67. The van der Waals surface area contributed by atoms with Crippen LogP contribution in [-0.2, 0) is 10.0 Å². The highest BCUT2D eigenvalue weighted by molar-refractivity contribution is 7.89. The highest BCUT2D eigenvalue weighted by Gasteiger charge is 2.32. The van der Waals surface area contributed by atoms with Crippen molar-refractivity contribution in [1.82, 2.24) is 4.31 Å². The summed E-state index contributed by atoms with van der Waals surface area (Å²) in [5, 5.41) is 8.25. The predicted molar refractivity (Wildman–Crippen MR) is 60.1 cm³/mol. The van der Waals surface area contributed by atoms with Gasteiger partial charge in [0.05, 0.1) is 11.9 Å². The number of rotatable bonds is 7. The summed E-state index contributed by atoms with van der Waals surface area (Å²) in [7, 11) is -3.29. The Labute approximate surface area is 92.3 Å². The van der Waals surface area contributed by atoms with E-state index >= 15 is 0 Å². The molecule has 0 radical (unpaired) electrons. The van der Waals surface area contributed by atoms with Crippen LogP contribution in [0, 0.1) is 5.92 Å². The Bertz CT molecular complexity index is 285. The lowest BCUT2D eigenvalue weighted by atomic mass is 10.4. The summed E-state index contributed by atoms with van der Waals surface area (Å²) >= 11 is 0. The number of aliphatic hydroxyl groups is 1. The topological polar surface area (TPSA) is 57.6 Å². The lowest BCUT2D eigenvalue weighted by Crippen LogP contribution is -2.40. The van der Waals surface area contributed by atoms with Crippen LogP contribution in [0.15, 0.2) is 0 Å². The van der Waals surface area contributed by atoms with E-state index in [2.05, 4.69) is 0 Å². The van der Waals surface area contributed by atoms with E-state index in [9.17, 15) is 8.42 Å². The van der Waals surface area contributed by atoms with Gasteiger partial charge in [-0.25, -0.2) is 12.7 Å². The average molecular weight is 235 g/mol. The predicted octanol–water partition coefficient (Wildman–Crippen LogP) is 0.819. The van der Waals surface area contributed by atoms with E-state index in [1.54, 1.807) is 11.2 Å². The van der Waals surface area contributed by atoms with E-state index in [4.69, 9.17) is 5.11 Å². The first-order valence-electron chi connectivity index (χ1n) is 5.62. The standard InChI is InChI=1S/C10H21NO3S/c1-3-6-11(7-10-4-5-10)15(13,14)9(2)8-12/h9-10,12H,3-8H2,1-2H3. The molecular weight excluding hydrogens is 214 g/mol. The molecule has 1 fully saturated rings. The maximum atomic E-state index is 12.0. The third kappa shape index (κ3) is 3.43. The molecule has 1 unspecified atom stereocenters. The Hall–Kier alpha value is -0.130. The first kappa shape index (κ1) is 12.9. The van der Waals surface area contributed by atoms with Gasteiger partial charge in [-0.2, -0.15) is 0 Å². The fraction of sp³-hybridized carbons (Fsp3) is 1.00. The summed E-state index contributed by atoms with van der Waals surface area (Å²) in [6.45, 7) is 4.45. The first-order chi connectivity index (χ1) is 7.02. The Morgan fingerprint density at radius 1 is 1.47 bits per heavy atom. The highest BCUT2D eigenvalue weighted by Crippen LogP contribution is 2.31. The molecule has 0 aliphatic heterocycles. The average Bonchev–Trinajstić information content (AvgIpc) is 2.99. The summed E-state index contributed by atoms with van der Waals surface area (Å²) in [6.07, 6.45) is 3.11. The molecule has 1 rings (SSSR count). The monoisotopic (exact) mass is 235 g/mol. The summed E-state index contributed by atoms with van der Waals surface area (Å²) in [5.41, 5.74) is 0. The smallest absolute Gasteiger partial charge is 0.218 e. The summed E-state index contributed by atoms with van der Waals surface area (Å²) in [4.78, 5) is 0. The van der Waals surface area contributed by atoms with Crippen molar-refractivity contribution in [2.45, 2.75) is 38.4 Å². The lowest BCUT2D eigenvalue weighted by Gasteiger charge is -2.24. The fourth-order valence-electron chi connectivity index (χ4n) is 1.51. The van der Waals surface area contributed by atoms with Crippen LogP contribution in [0.4, 0.5) is 0 Å². The highest BCUT2D eigenvalue weighted by atomic mass is 32.2. The lowest BCUT2D eigenvalue weighted by molar-refractivity contribution is 0.287. The van der Waals surface area contributed by atoms with E-state index in [1.165, 1.54) is 0 Å². The summed E-state index contributed by atoms with van der Waals surface area (Å²) < 4.78 is 25.5. The van der Waals surface area contributed by atoms with Crippen LogP contribution in [0.1, 0.15) is 33.1 Å². The van der Waals surface area contributed by atoms with Crippen LogP contribution in [-0.4, -0.2) is 42.8 Å². The van der Waals surface area contributed by atoms with Crippen molar-refractivity contribution in [3.05, 3.63) is 0 Å².